The van der Waals surface area contributed by atoms with Crippen molar-refractivity contribution in [2.45, 2.75) is 69.1 Å². The molecule has 2 fully saturated rings. The molecule has 2 aromatic carbocycles. The molecule has 7 rings (SSSR count). The van der Waals surface area contributed by atoms with Crippen LogP contribution in [0, 0.1) is 17.1 Å². The molecule has 0 bridgehead atoms. The van der Waals surface area contributed by atoms with Gasteiger partial charge in [-0.2, -0.15) is 18.4 Å². The van der Waals surface area contributed by atoms with Gasteiger partial charge in [-0.05, 0) is 84.8 Å². The Labute approximate surface area is 273 Å². The zero-order valence-electron chi connectivity index (χ0n) is 26.2. The number of aryl methyl sites for hydroxylation is 1. The van der Waals surface area contributed by atoms with Crippen molar-refractivity contribution in [2.75, 3.05) is 17.3 Å². The first kappa shape index (κ1) is 31.7. The standard InChI is InChI=1S/C34H32F4N8O2/c1-45-18-41-44-31(45)24-4-3-21(34(36,37)38)13-25(24)20-11-29(43-33(5-6-33)7-8-39)42-30(12-20)46-17-27-26(32(46)47)9-19(10-28(27)35)16-40-22-14-23(15-22)48-2/h3-4,9-13,18,22-23,40H,5-7,14-17H2,1-2H3,(H,42,43). The van der Waals surface area contributed by atoms with Gasteiger partial charge in [0, 0.05) is 43.4 Å². The van der Waals surface area contributed by atoms with Crippen LogP contribution in [0.25, 0.3) is 22.5 Å². The lowest BCUT2D eigenvalue weighted by Crippen LogP contribution is -2.44. The summed E-state index contributed by atoms with van der Waals surface area (Å²) >= 11 is 0. The van der Waals surface area contributed by atoms with Crippen LogP contribution in [-0.4, -0.2) is 50.5 Å². The van der Waals surface area contributed by atoms with E-state index in [-0.39, 0.29) is 53.4 Å². The Morgan fingerprint density at radius 1 is 1.10 bits per heavy atom. The monoisotopic (exact) mass is 660 g/mol. The van der Waals surface area contributed by atoms with Gasteiger partial charge in [0.1, 0.15) is 23.8 Å². The summed E-state index contributed by atoms with van der Waals surface area (Å²) in [4.78, 5) is 19.9. The van der Waals surface area contributed by atoms with Crippen LogP contribution in [0.2, 0.25) is 0 Å². The van der Waals surface area contributed by atoms with E-state index < -0.39 is 29.0 Å². The van der Waals surface area contributed by atoms with Crippen LogP contribution in [0.5, 0.6) is 0 Å². The van der Waals surface area contributed by atoms with Crippen molar-refractivity contribution in [1.29, 1.82) is 5.26 Å². The zero-order chi connectivity index (χ0) is 33.8. The summed E-state index contributed by atoms with van der Waals surface area (Å²) in [5, 5.41) is 24.1. The van der Waals surface area contributed by atoms with Gasteiger partial charge in [-0.1, -0.05) is 0 Å². The minimum Gasteiger partial charge on any atom is -0.381 e. The quantitative estimate of drug-likeness (QED) is 0.199. The van der Waals surface area contributed by atoms with Crippen molar-refractivity contribution in [3.05, 3.63) is 76.9 Å². The predicted octanol–water partition coefficient (Wildman–Crippen LogP) is 5.99. The maximum absolute atomic E-state index is 15.5. The van der Waals surface area contributed by atoms with Crippen molar-refractivity contribution in [3.63, 3.8) is 0 Å². The molecular weight excluding hydrogens is 628 g/mol. The van der Waals surface area contributed by atoms with Gasteiger partial charge in [-0.3, -0.25) is 9.69 Å². The lowest BCUT2D eigenvalue weighted by Gasteiger charge is -2.34. The summed E-state index contributed by atoms with van der Waals surface area (Å²) < 4.78 is 64.4. The van der Waals surface area contributed by atoms with Crippen molar-refractivity contribution in [3.8, 4) is 28.6 Å². The number of methoxy groups -OCH3 is 1. The third kappa shape index (κ3) is 5.99. The van der Waals surface area contributed by atoms with Crippen LogP contribution in [-0.2, 0) is 31.1 Å². The number of nitrogens with one attached hydrogen (secondary N) is 2. The van der Waals surface area contributed by atoms with E-state index in [1.54, 1.807) is 30.9 Å². The second kappa shape index (κ2) is 12.0. The SMILES string of the molecule is COC1CC(NCc2cc(F)c3c(c2)C(=O)N(c2cc(-c4cc(C(F)(F)F)ccc4-c4nncn4C)cc(NC4(CC#N)CC4)n2)C3)C1. The number of anilines is 2. The molecule has 2 aliphatic carbocycles. The van der Waals surface area contributed by atoms with Gasteiger partial charge < -0.3 is 19.9 Å². The number of amides is 1. The summed E-state index contributed by atoms with van der Waals surface area (Å²) in [5.74, 6) is -0.251. The first-order valence-electron chi connectivity index (χ1n) is 15.6. The minimum atomic E-state index is -4.63. The highest BCUT2D eigenvalue weighted by Crippen LogP contribution is 2.44. The number of aromatic nitrogens is 4. The molecule has 2 aromatic heterocycles. The third-order valence-electron chi connectivity index (χ3n) is 9.43. The van der Waals surface area contributed by atoms with Gasteiger partial charge in [-0.25, -0.2) is 9.37 Å². The summed E-state index contributed by atoms with van der Waals surface area (Å²) in [5.41, 5.74) is 0.536. The topological polar surface area (TPSA) is 121 Å². The van der Waals surface area contributed by atoms with E-state index in [1.165, 1.54) is 29.4 Å². The van der Waals surface area contributed by atoms with E-state index in [0.29, 0.717) is 41.9 Å². The fourth-order valence-electron chi connectivity index (χ4n) is 6.37. The lowest BCUT2D eigenvalue weighted by atomic mass is 9.89. The molecule has 0 spiro atoms. The molecule has 4 aromatic rings. The fourth-order valence-corrected chi connectivity index (χ4v) is 6.37. The Morgan fingerprint density at radius 3 is 2.56 bits per heavy atom. The van der Waals surface area contributed by atoms with Crippen LogP contribution in [0.1, 0.15) is 59.2 Å². The van der Waals surface area contributed by atoms with Gasteiger partial charge >= 0.3 is 6.18 Å². The van der Waals surface area contributed by atoms with Crippen molar-refractivity contribution in [2.24, 2.45) is 7.05 Å². The highest BCUT2D eigenvalue weighted by molar-refractivity contribution is 6.10. The van der Waals surface area contributed by atoms with Gasteiger partial charge in [-0.15, -0.1) is 10.2 Å². The molecule has 0 unspecified atom stereocenters. The zero-order valence-corrected chi connectivity index (χ0v) is 26.2. The number of hydrogen-bond acceptors (Lipinski definition) is 8. The number of fused-ring (bicyclic) bond motifs is 1. The van der Waals surface area contributed by atoms with E-state index in [2.05, 4.69) is 26.9 Å². The summed E-state index contributed by atoms with van der Waals surface area (Å²) in [6, 6.07) is 12.0. The van der Waals surface area contributed by atoms with Crippen LogP contribution < -0.4 is 15.5 Å². The number of nitriles is 1. The Bertz CT molecular complexity index is 1940. The molecule has 0 saturated heterocycles. The molecule has 0 radical (unpaired) electrons. The molecule has 0 atom stereocenters. The minimum absolute atomic E-state index is 0.107. The van der Waals surface area contributed by atoms with E-state index in [9.17, 15) is 23.2 Å². The molecule has 3 aliphatic rings. The van der Waals surface area contributed by atoms with Gasteiger partial charge in [0.15, 0.2) is 5.82 Å². The summed E-state index contributed by atoms with van der Waals surface area (Å²) in [6.45, 7) is 0.269. The molecular formula is C34H32F4N8O2. The number of hydrogen-bond donors (Lipinski definition) is 2. The number of ether oxygens (including phenoxy) is 1. The third-order valence-corrected chi connectivity index (χ3v) is 9.43. The van der Waals surface area contributed by atoms with Crippen LogP contribution in [0.3, 0.4) is 0 Å². The van der Waals surface area contributed by atoms with E-state index in [1.807, 2.05) is 0 Å². The Morgan fingerprint density at radius 2 is 1.90 bits per heavy atom. The second-order valence-corrected chi connectivity index (χ2v) is 12.8. The lowest BCUT2D eigenvalue weighted by molar-refractivity contribution is -0.137. The van der Waals surface area contributed by atoms with Gasteiger partial charge in [0.2, 0.25) is 0 Å². The van der Waals surface area contributed by atoms with Crippen LogP contribution >= 0.6 is 0 Å². The molecule has 10 nitrogen and oxygen atoms in total. The highest BCUT2D eigenvalue weighted by atomic mass is 19.4. The number of carbonyl (C=O) groups is 1. The van der Waals surface area contributed by atoms with Crippen LogP contribution in [0.4, 0.5) is 29.2 Å². The molecule has 2 saturated carbocycles. The number of benzene rings is 2. The largest absolute Gasteiger partial charge is 0.416 e. The average molecular weight is 661 g/mol. The number of nitrogens with zero attached hydrogens (tertiary/aromatic N) is 6. The average Bonchev–Trinajstić information content (AvgIpc) is 3.49. The molecule has 1 aliphatic heterocycles. The van der Waals surface area contributed by atoms with Crippen molar-refractivity contribution >= 4 is 17.5 Å². The maximum Gasteiger partial charge on any atom is 0.416 e. The number of rotatable bonds is 10. The smallest absolute Gasteiger partial charge is 0.381 e. The number of halogens is 4. The normalized spacial score (nSPS) is 19.5. The van der Waals surface area contributed by atoms with Gasteiger partial charge in [0.05, 0.1) is 36.2 Å². The van der Waals surface area contributed by atoms with Gasteiger partial charge in [0.25, 0.3) is 5.91 Å². The van der Waals surface area contributed by atoms with Crippen molar-refractivity contribution in [1.82, 2.24) is 25.1 Å². The second-order valence-electron chi connectivity index (χ2n) is 12.8. The molecule has 1 amide bonds. The Hall–Kier alpha value is -4.87. The molecule has 48 heavy (non-hydrogen) atoms. The molecule has 248 valence electrons. The Kier molecular flexibility index (Phi) is 7.92. The summed E-state index contributed by atoms with van der Waals surface area (Å²) in [7, 11) is 3.35. The highest BCUT2D eigenvalue weighted by Gasteiger charge is 2.43. The van der Waals surface area contributed by atoms with E-state index >= 15 is 4.39 Å². The molecule has 2 N–H and O–H groups in total. The van der Waals surface area contributed by atoms with E-state index in [0.717, 1.165) is 25.0 Å². The molecule has 14 heteroatoms. The first-order valence-corrected chi connectivity index (χ1v) is 15.6. The number of alkyl halides is 3. The first-order chi connectivity index (χ1) is 23.0. The van der Waals surface area contributed by atoms with Crippen LogP contribution in [0.15, 0.2) is 48.8 Å². The van der Waals surface area contributed by atoms with Crippen molar-refractivity contribution < 1.29 is 27.1 Å². The van der Waals surface area contributed by atoms with E-state index in [4.69, 9.17) is 9.72 Å². The number of carbonyl (C=O) groups excluding carboxylic acids is 1. The predicted molar refractivity (Wildman–Crippen MR) is 168 cm³/mol. The Balaban J connectivity index is 1.28. The summed E-state index contributed by atoms with van der Waals surface area (Å²) in [6.07, 6.45) is 0.350. The molecule has 3 heterocycles. The fraction of sp³-hybridized carbons (Fsp3) is 0.382. The maximum atomic E-state index is 15.5. The number of pyridine rings is 1.